The second kappa shape index (κ2) is 5.96. The lowest BCUT2D eigenvalue weighted by Crippen LogP contribution is -2.43. The van der Waals surface area contributed by atoms with E-state index in [1.807, 2.05) is 0 Å². The Balaban J connectivity index is 1.78. The number of hydrogen-bond donors (Lipinski definition) is 1. The van der Waals surface area contributed by atoms with E-state index >= 15 is 0 Å². The molecule has 2 rings (SSSR count). The first-order valence-corrected chi connectivity index (χ1v) is 6.35. The van der Waals surface area contributed by atoms with E-state index in [0.29, 0.717) is 6.04 Å². The Morgan fingerprint density at radius 1 is 1.12 bits per heavy atom. The van der Waals surface area contributed by atoms with E-state index in [1.165, 1.54) is 25.8 Å². The van der Waals surface area contributed by atoms with Gasteiger partial charge >= 0.3 is 0 Å². The lowest BCUT2D eigenvalue weighted by molar-refractivity contribution is -0.00461. The summed E-state index contributed by atoms with van der Waals surface area (Å²) in [6, 6.07) is 0.668. The summed E-state index contributed by atoms with van der Waals surface area (Å²) in [5, 5.41) is 3.59. The Morgan fingerprint density at radius 3 is 2.31 bits per heavy atom. The fourth-order valence-corrected chi connectivity index (χ4v) is 2.81. The Kier molecular flexibility index (Phi) is 4.58. The fourth-order valence-electron chi connectivity index (χ4n) is 2.81. The minimum Gasteiger partial charge on any atom is -0.377 e. The summed E-state index contributed by atoms with van der Waals surface area (Å²) < 4.78 is 10.9. The van der Waals surface area contributed by atoms with Crippen molar-refractivity contribution in [3.05, 3.63) is 0 Å². The number of hydrogen-bond acceptors (Lipinski definition) is 4. The van der Waals surface area contributed by atoms with Crippen LogP contribution in [-0.2, 0) is 9.47 Å². The number of ether oxygens (including phenoxy) is 2. The van der Waals surface area contributed by atoms with Crippen molar-refractivity contribution in [2.75, 3.05) is 40.4 Å². The quantitative estimate of drug-likeness (QED) is 0.758. The molecule has 4 nitrogen and oxygen atoms in total. The number of likely N-dealkylation sites (tertiary alicyclic amines) is 1. The van der Waals surface area contributed by atoms with Crippen molar-refractivity contribution in [1.29, 1.82) is 0 Å². The van der Waals surface area contributed by atoms with Gasteiger partial charge < -0.3 is 14.8 Å². The Hall–Kier alpha value is -0.160. The van der Waals surface area contributed by atoms with Crippen LogP contribution in [0.1, 0.15) is 19.3 Å². The van der Waals surface area contributed by atoms with Crippen LogP contribution < -0.4 is 5.32 Å². The third-order valence-electron chi connectivity index (χ3n) is 3.79. The van der Waals surface area contributed by atoms with E-state index in [1.54, 1.807) is 14.2 Å². The molecule has 2 heterocycles. The van der Waals surface area contributed by atoms with Crippen molar-refractivity contribution in [3.63, 3.8) is 0 Å². The Bertz CT molecular complexity index is 195. The van der Waals surface area contributed by atoms with Gasteiger partial charge in [-0.3, -0.25) is 4.90 Å². The molecule has 0 aliphatic carbocycles. The maximum atomic E-state index is 5.45. The summed E-state index contributed by atoms with van der Waals surface area (Å²) in [5.74, 6) is 0. The monoisotopic (exact) mass is 228 g/mol. The summed E-state index contributed by atoms with van der Waals surface area (Å²) in [6.07, 6.45) is 4.50. The van der Waals surface area contributed by atoms with Gasteiger partial charge in [0.2, 0.25) is 0 Å². The van der Waals surface area contributed by atoms with Gasteiger partial charge in [-0.15, -0.1) is 0 Å². The zero-order valence-electron chi connectivity index (χ0n) is 10.4. The van der Waals surface area contributed by atoms with Gasteiger partial charge in [0, 0.05) is 39.9 Å². The molecule has 0 aromatic carbocycles. The summed E-state index contributed by atoms with van der Waals surface area (Å²) in [5.41, 5.74) is 0. The molecule has 1 N–H and O–H groups in total. The molecule has 0 radical (unpaired) electrons. The van der Waals surface area contributed by atoms with E-state index in [9.17, 15) is 0 Å². The van der Waals surface area contributed by atoms with Crippen LogP contribution in [0.25, 0.3) is 0 Å². The highest BCUT2D eigenvalue weighted by atomic mass is 16.5. The van der Waals surface area contributed by atoms with Crippen LogP contribution in [-0.4, -0.2) is 63.5 Å². The number of methoxy groups -OCH3 is 2. The van der Waals surface area contributed by atoms with E-state index in [4.69, 9.17) is 9.47 Å². The Morgan fingerprint density at radius 2 is 1.81 bits per heavy atom. The van der Waals surface area contributed by atoms with Crippen molar-refractivity contribution in [2.24, 2.45) is 0 Å². The van der Waals surface area contributed by atoms with Crippen LogP contribution in [0.3, 0.4) is 0 Å². The topological polar surface area (TPSA) is 33.7 Å². The highest BCUT2D eigenvalue weighted by Crippen LogP contribution is 2.17. The smallest absolute Gasteiger partial charge is 0.0971 e. The minimum absolute atomic E-state index is 0.244. The number of rotatable bonds is 4. The standard InChI is InChI=1S/C12H24N2O2/c1-15-11-8-14(9-12(11)16-2)7-10-5-3-4-6-13-10/h10-13H,3-9H2,1-2H3. The van der Waals surface area contributed by atoms with E-state index in [-0.39, 0.29) is 12.2 Å². The normalized spacial score (nSPS) is 36.8. The molecule has 0 saturated carbocycles. The Labute approximate surface area is 98.3 Å². The van der Waals surface area contributed by atoms with Crippen LogP contribution in [0, 0.1) is 0 Å². The number of piperidine rings is 1. The molecule has 3 atom stereocenters. The largest absolute Gasteiger partial charge is 0.377 e. The molecule has 0 aromatic rings. The summed E-state index contributed by atoms with van der Waals surface area (Å²) in [6.45, 7) is 4.33. The van der Waals surface area contributed by atoms with Gasteiger partial charge in [0.05, 0.1) is 12.2 Å². The number of nitrogens with zero attached hydrogens (tertiary/aromatic N) is 1. The maximum absolute atomic E-state index is 5.45. The second-order valence-electron chi connectivity index (χ2n) is 4.91. The number of nitrogens with one attached hydrogen (secondary N) is 1. The third kappa shape index (κ3) is 2.94. The van der Waals surface area contributed by atoms with E-state index in [0.717, 1.165) is 19.6 Å². The molecule has 0 amide bonds. The summed E-state index contributed by atoms with van der Waals surface area (Å²) in [4.78, 5) is 2.46. The molecule has 0 aromatic heterocycles. The maximum Gasteiger partial charge on any atom is 0.0971 e. The molecule has 3 unspecified atom stereocenters. The lowest BCUT2D eigenvalue weighted by Gasteiger charge is -2.27. The van der Waals surface area contributed by atoms with Crippen molar-refractivity contribution >= 4 is 0 Å². The molecule has 16 heavy (non-hydrogen) atoms. The van der Waals surface area contributed by atoms with Gasteiger partial charge in [0.1, 0.15) is 0 Å². The molecule has 0 bridgehead atoms. The van der Waals surface area contributed by atoms with Crippen molar-refractivity contribution in [2.45, 2.75) is 37.5 Å². The van der Waals surface area contributed by atoms with Gasteiger partial charge in [-0.25, -0.2) is 0 Å². The minimum atomic E-state index is 0.244. The molecule has 0 spiro atoms. The molecule has 2 saturated heterocycles. The van der Waals surface area contributed by atoms with Gasteiger partial charge in [-0.05, 0) is 19.4 Å². The van der Waals surface area contributed by atoms with Crippen LogP contribution in [0.5, 0.6) is 0 Å². The first kappa shape index (κ1) is 12.3. The van der Waals surface area contributed by atoms with Gasteiger partial charge in [-0.1, -0.05) is 6.42 Å². The molecule has 4 heteroatoms. The molecule has 2 aliphatic rings. The summed E-state index contributed by atoms with van der Waals surface area (Å²) >= 11 is 0. The highest BCUT2D eigenvalue weighted by molar-refractivity contribution is 4.88. The van der Waals surface area contributed by atoms with Gasteiger partial charge in [0.25, 0.3) is 0 Å². The van der Waals surface area contributed by atoms with E-state index in [2.05, 4.69) is 10.2 Å². The van der Waals surface area contributed by atoms with Crippen molar-refractivity contribution < 1.29 is 9.47 Å². The molecule has 2 fully saturated rings. The van der Waals surface area contributed by atoms with Crippen molar-refractivity contribution in [3.8, 4) is 0 Å². The predicted octanol–water partition coefficient (Wildman–Crippen LogP) is 0.474. The first-order chi connectivity index (χ1) is 7.83. The van der Waals surface area contributed by atoms with Gasteiger partial charge in [0.15, 0.2) is 0 Å². The molecule has 94 valence electrons. The molecular weight excluding hydrogens is 204 g/mol. The average molecular weight is 228 g/mol. The van der Waals surface area contributed by atoms with Crippen LogP contribution in [0.15, 0.2) is 0 Å². The molecular formula is C12H24N2O2. The average Bonchev–Trinajstić information content (AvgIpc) is 2.72. The fraction of sp³-hybridized carbons (Fsp3) is 1.00. The summed E-state index contributed by atoms with van der Waals surface area (Å²) in [7, 11) is 3.55. The van der Waals surface area contributed by atoms with Crippen LogP contribution in [0.2, 0.25) is 0 Å². The SMILES string of the molecule is COC1CN(CC2CCCCN2)CC1OC. The van der Waals surface area contributed by atoms with Gasteiger partial charge in [-0.2, -0.15) is 0 Å². The third-order valence-corrected chi connectivity index (χ3v) is 3.79. The zero-order valence-corrected chi connectivity index (χ0v) is 10.4. The highest BCUT2D eigenvalue weighted by Gasteiger charge is 2.33. The van der Waals surface area contributed by atoms with Crippen LogP contribution >= 0.6 is 0 Å². The van der Waals surface area contributed by atoms with E-state index < -0.39 is 0 Å². The first-order valence-electron chi connectivity index (χ1n) is 6.35. The van der Waals surface area contributed by atoms with Crippen molar-refractivity contribution in [1.82, 2.24) is 10.2 Å². The zero-order chi connectivity index (χ0) is 11.4. The lowest BCUT2D eigenvalue weighted by atomic mass is 10.0. The molecule has 2 aliphatic heterocycles. The predicted molar refractivity (Wildman–Crippen MR) is 63.7 cm³/mol. The second-order valence-corrected chi connectivity index (χ2v) is 4.91. The van der Waals surface area contributed by atoms with Crippen LogP contribution in [0.4, 0.5) is 0 Å².